The molecule has 0 saturated carbocycles. The van der Waals surface area contributed by atoms with E-state index in [0.717, 1.165) is 11.3 Å². The molecule has 1 N–H and O–H groups in total. The van der Waals surface area contributed by atoms with Crippen LogP contribution in [0.25, 0.3) is 17.0 Å². The number of imidazole rings is 1. The second kappa shape index (κ2) is 6.64. The molecular formula is C21H17FN4O. The van der Waals surface area contributed by atoms with Crippen LogP contribution in [0.2, 0.25) is 0 Å². The lowest BCUT2D eigenvalue weighted by atomic mass is 10.1. The van der Waals surface area contributed by atoms with Crippen LogP contribution in [0.3, 0.4) is 0 Å². The Labute approximate surface area is 155 Å². The molecule has 0 radical (unpaired) electrons. The van der Waals surface area contributed by atoms with E-state index in [-0.39, 0.29) is 11.5 Å². The molecule has 0 saturated heterocycles. The Morgan fingerprint density at radius 1 is 1.11 bits per heavy atom. The predicted molar refractivity (Wildman–Crippen MR) is 103 cm³/mol. The molecule has 6 heteroatoms. The molecule has 3 aromatic heterocycles. The molecule has 0 unspecified atom stereocenters. The number of nitrogens with zero attached hydrogens (tertiary/aromatic N) is 3. The van der Waals surface area contributed by atoms with Crippen molar-refractivity contribution in [3.05, 3.63) is 77.9 Å². The zero-order valence-corrected chi connectivity index (χ0v) is 14.9. The van der Waals surface area contributed by atoms with Gasteiger partial charge in [0.1, 0.15) is 22.9 Å². The number of anilines is 2. The molecule has 4 aromatic rings. The molecule has 0 atom stereocenters. The number of aromatic nitrogens is 3. The first kappa shape index (κ1) is 16.9. The lowest BCUT2D eigenvalue weighted by molar-refractivity contribution is 0.101. The summed E-state index contributed by atoms with van der Waals surface area (Å²) in [4.78, 5) is 20.2. The highest BCUT2D eigenvalue weighted by atomic mass is 19.1. The smallest absolute Gasteiger partial charge is 0.159 e. The number of aryl methyl sites for hydroxylation is 1. The van der Waals surface area contributed by atoms with Gasteiger partial charge in [-0.2, -0.15) is 0 Å². The molecule has 0 fully saturated rings. The van der Waals surface area contributed by atoms with Crippen molar-refractivity contribution in [2.45, 2.75) is 13.8 Å². The summed E-state index contributed by atoms with van der Waals surface area (Å²) in [5, 5.41) is 3.29. The highest BCUT2D eigenvalue weighted by molar-refractivity contribution is 5.94. The van der Waals surface area contributed by atoms with Gasteiger partial charge in [0.15, 0.2) is 11.6 Å². The molecular weight excluding hydrogens is 343 g/mol. The van der Waals surface area contributed by atoms with E-state index >= 15 is 0 Å². The Kier molecular flexibility index (Phi) is 4.16. The van der Waals surface area contributed by atoms with Gasteiger partial charge in [0.05, 0.1) is 0 Å². The van der Waals surface area contributed by atoms with E-state index in [1.807, 2.05) is 41.8 Å². The lowest BCUT2D eigenvalue weighted by Gasteiger charge is -2.09. The number of hydrogen-bond acceptors (Lipinski definition) is 4. The van der Waals surface area contributed by atoms with Crippen molar-refractivity contribution >= 4 is 22.9 Å². The van der Waals surface area contributed by atoms with Gasteiger partial charge in [0.25, 0.3) is 0 Å². The molecule has 0 aliphatic carbocycles. The first-order valence-corrected chi connectivity index (χ1v) is 8.50. The van der Waals surface area contributed by atoms with Crippen LogP contribution >= 0.6 is 0 Å². The van der Waals surface area contributed by atoms with Gasteiger partial charge < -0.3 is 5.32 Å². The fourth-order valence-corrected chi connectivity index (χ4v) is 2.92. The minimum Gasteiger partial charge on any atom is -0.339 e. The molecule has 0 aliphatic heterocycles. The second-order valence-corrected chi connectivity index (χ2v) is 6.33. The number of benzene rings is 1. The van der Waals surface area contributed by atoms with Gasteiger partial charge in [-0.1, -0.05) is 0 Å². The minimum atomic E-state index is -0.437. The Bertz CT molecular complexity index is 1150. The highest BCUT2D eigenvalue weighted by Crippen LogP contribution is 2.31. The van der Waals surface area contributed by atoms with Gasteiger partial charge in [-0.25, -0.2) is 9.37 Å². The third-order valence-corrected chi connectivity index (χ3v) is 4.32. The van der Waals surface area contributed by atoms with Crippen LogP contribution in [0, 0.1) is 12.7 Å². The van der Waals surface area contributed by atoms with Gasteiger partial charge in [0.2, 0.25) is 0 Å². The van der Waals surface area contributed by atoms with Crippen LogP contribution in [0.15, 0.2) is 60.9 Å². The number of Topliss-reactive ketones (excluding diaryl/α,β-unsaturated/α-hetero) is 1. The molecule has 0 spiro atoms. The molecule has 4 rings (SSSR count). The van der Waals surface area contributed by atoms with E-state index in [1.54, 1.807) is 24.4 Å². The normalized spacial score (nSPS) is 10.9. The third-order valence-electron chi connectivity index (χ3n) is 4.32. The van der Waals surface area contributed by atoms with E-state index in [0.29, 0.717) is 22.7 Å². The fraction of sp³-hybridized carbons (Fsp3) is 0.0952. The van der Waals surface area contributed by atoms with Crippen LogP contribution < -0.4 is 5.32 Å². The zero-order chi connectivity index (χ0) is 19.0. The largest absolute Gasteiger partial charge is 0.339 e. The number of ketones is 1. The Morgan fingerprint density at radius 2 is 1.89 bits per heavy atom. The van der Waals surface area contributed by atoms with Gasteiger partial charge in [-0.3, -0.25) is 14.2 Å². The van der Waals surface area contributed by atoms with Crippen LogP contribution in [0.1, 0.15) is 22.8 Å². The Morgan fingerprint density at radius 3 is 2.59 bits per heavy atom. The van der Waals surface area contributed by atoms with Crippen molar-refractivity contribution in [2.75, 3.05) is 5.32 Å². The van der Waals surface area contributed by atoms with Crippen molar-refractivity contribution in [3.8, 4) is 11.4 Å². The maximum absolute atomic E-state index is 14.4. The van der Waals surface area contributed by atoms with E-state index in [2.05, 4.69) is 15.3 Å². The highest BCUT2D eigenvalue weighted by Gasteiger charge is 2.18. The van der Waals surface area contributed by atoms with E-state index in [4.69, 9.17) is 0 Å². The summed E-state index contributed by atoms with van der Waals surface area (Å²) in [5.41, 5.74) is 3.75. The summed E-state index contributed by atoms with van der Waals surface area (Å²) in [5.74, 6) is 0.175. The lowest BCUT2D eigenvalue weighted by Crippen LogP contribution is -1.99. The predicted octanol–water partition coefficient (Wildman–Crippen LogP) is 4.79. The summed E-state index contributed by atoms with van der Waals surface area (Å²) >= 11 is 0. The third kappa shape index (κ3) is 3.17. The maximum Gasteiger partial charge on any atom is 0.159 e. The van der Waals surface area contributed by atoms with Gasteiger partial charge in [-0.15, -0.1) is 0 Å². The Balaban J connectivity index is 1.86. The number of fused-ring (bicyclic) bond motifs is 1. The standard InChI is InChI=1S/C21H17FN4O/c1-13-9-11-26-18(12-13)25-20(19-17(22)4-3-10-23-19)21(26)24-16-7-5-15(6-8-16)14(2)27/h3-12,24H,1-2H3. The summed E-state index contributed by atoms with van der Waals surface area (Å²) in [6, 6.07) is 13.9. The Hall–Kier alpha value is -3.54. The SMILES string of the molecule is CC(=O)c1ccc(Nc2c(-c3ncccc3F)nc3cc(C)ccn23)cc1. The van der Waals surface area contributed by atoms with Crippen molar-refractivity contribution < 1.29 is 9.18 Å². The topological polar surface area (TPSA) is 59.3 Å². The first-order chi connectivity index (χ1) is 13.0. The van der Waals surface area contributed by atoms with Crippen LogP contribution in [0.4, 0.5) is 15.9 Å². The van der Waals surface area contributed by atoms with Gasteiger partial charge >= 0.3 is 0 Å². The summed E-state index contributed by atoms with van der Waals surface area (Å²) in [6.45, 7) is 3.50. The fourth-order valence-electron chi connectivity index (χ4n) is 2.92. The summed E-state index contributed by atoms with van der Waals surface area (Å²) in [6.07, 6.45) is 3.42. The quantitative estimate of drug-likeness (QED) is 0.532. The monoisotopic (exact) mass is 360 g/mol. The molecule has 5 nitrogen and oxygen atoms in total. The number of carbonyl (C=O) groups is 1. The van der Waals surface area contributed by atoms with Crippen molar-refractivity contribution in [3.63, 3.8) is 0 Å². The van der Waals surface area contributed by atoms with E-state index in [1.165, 1.54) is 13.0 Å². The minimum absolute atomic E-state index is 0.00285. The first-order valence-electron chi connectivity index (χ1n) is 8.50. The van der Waals surface area contributed by atoms with Gasteiger partial charge in [-0.05, 0) is 67.9 Å². The number of nitrogens with one attached hydrogen (secondary N) is 1. The molecule has 0 bridgehead atoms. The number of hydrogen-bond donors (Lipinski definition) is 1. The number of carbonyl (C=O) groups excluding carboxylic acids is 1. The molecule has 1 aromatic carbocycles. The number of pyridine rings is 2. The van der Waals surface area contributed by atoms with Crippen LogP contribution in [-0.2, 0) is 0 Å². The van der Waals surface area contributed by atoms with Crippen LogP contribution in [0.5, 0.6) is 0 Å². The summed E-state index contributed by atoms with van der Waals surface area (Å²) < 4.78 is 16.2. The van der Waals surface area contributed by atoms with Crippen molar-refractivity contribution in [2.24, 2.45) is 0 Å². The van der Waals surface area contributed by atoms with E-state index < -0.39 is 5.82 Å². The number of halogens is 1. The van der Waals surface area contributed by atoms with E-state index in [9.17, 15) is 9.18 Å². The average Bonchev–Trinajstić information content (AvgIpc) is 3.00. The van der Waals surface area contributed by atoms with Crippen LogP contribution in [-0.4, -0.2) is 20.2 Å². The van der Waals surface area contributed by atoms with Gasteiger partial charge in [0, 0.05) is 23.6 Å². The number of rotatable bonds is 4. The maximum atomic E-state index is 14.4. The zero-order valence-electron chi connectivity index (χ0n) is 14.9. The molecule has 0 amide bonds. The molecule has 27 heavy (non-hydrogen) atoms. The van der Waals surface area contributed by atoms with Crippen molar-refractivity contribution in [1.82, 2.24) is 14.4 Å². The van der Waals surface area contributed by atoms with Crippen molar-refractivity contribution in [1.29, 1.82) is 0 Å². The molecule has 3 heterocycles. The second-order valence-electron chi connectivity index (χ2n) is 6.33. The molecule has 134 valence electrons. The average molecular weight is 360 g/mol. The summed E-state index contributed by atoms with van der Waals surface area (Å²) in [7, 11) is 0. The molecule has 0 aliphatic rings.